The van der Waals surface area contributed by atoms with Crippen LogP contribution in [0.3, 0.4) is 0 Å². The van der Waals surface area contributed by atoms with Crippen molar-refractivity contribution in [1.82, 2.24) is 10.2 Å². The molecule has 1 saturated carbocycles. The van der Waals surface area contributed by atoms with E-state index < -0.39 is 5.97 Å². The highest BCUT2D eigenvalue weighted by Crippen LogP contribution is 2.23. The van der Waals surface area contributed by atoms with Gasteiger partial charge in [0.1, 0.15) is 12.3 Å². The second kappa shape index (κ2) is 7.15. The van der Waals surface area contributed by atoms with Crippen molar-refractivity contribution < 1.29 is 19.1 Å². The summed E-state index contributed by atoms with van der Waals surface area (Å²) >= 11 is 0. The van der Waals surface area contributed by atoms with Crippen molar-refractivity contribution in [2.24, 2.45) is 0 Å². The van der Waals surface area contributed by atoms with Gasteiger partial charge < -0.3 is 19.7 Å². The van der Waals surface area contributed by atoms with E-state index in [0.717, 1.165) is 31.4 Å². The van der Waals surface area contributed by atoms with Gasteiger partial charge in [0.2, 0.25) is 0 Å². The predicted molar refractivity (Wildman–Crippen MR) is 77.0 cm³/mol. The lowest BCUT2D eigenvalue weighted by Gasteiger charge is -2.29. The van der Waals surface area contributed by atoms with Gasteiger partial charge in [-0.15, -0.1) is 0 Å². The maximum absolute atomic E-state index is 12.3. The molecule has 21 heavy (non-hydrogen) atoms. The first-order chi connectivity index (χ1) is 10.1. The summed E-state index contributed by atoms with van der Waals surface area (Å²) in [7, 11) is 0. The molecule has 1 aromatic rings. The van der Waals surface area contributed by atoms with Gasteiger partial charge in [-0.2, -0.15) is 0 Å². The summed E-state index contributed by atoms with van der Waals surface area (Å²) in [4.78, 5) is 24.8. The van der Waals surface area contributed by atoms with Crippen molar-refractivity contribution in [3.63, 3.8) is 0 Å². The molecule has 0 bridgehead atoms. The first-order valence-corrected chi connectivity index (χ1v) is 7.37. The van der Waals surface area contributed by atoms with E-state index in [-0.39, 0.29) is 24.7 Å². The van der Waals surface area contributed by atoms with Gasteiger partial charge in [-0.05, 0) is 31.9 Å². The molecule has 1 aliphatic rings. The van der Waals surface area contributed by atoms with E-state index in [4.69, 9.17) is 9.52 Å². The SMILES string of the molecule is CC(Cc1ccco1)NC(=O)N(CC(=O)O)C1CCCC1. The highest BCUT2D eigenvalue weighted by molar-refractivity contribution is 5.80. The van der Waals surface area contributed by atoms with Crippen LogP contribution in [0.1, 0.15) is 38.4 Å². The second-order valence-corrected chi connectivity index (χ2v) is 5.59. The normalized spacial score (nSPS) is 16.6. The number of hydrogen-bond acceptors (Lipinski definition) is 3. The molecule has 0 saturated heterocycles. The Labute approximate surface area is 124 Å². The van der Waals surface area contributed by atoms with Crippen LogP contribution in [-0.2, 0) is 11.2 Å². The number of hydrogen-bond donors (Lipinski definition) is 2. The minimum atomic E-state index is -0.976. The van der Waals surface area contributed by atoms with E-state index in [1.807, 2.05) is 13.0 Å². The average molecular weight is 294 g/mol. The molecule has 0 aliphatic heterocycles. The molecule has 2 rings (SSSR count). The first kappa shape index (κ1) is 15.4. The summed E-state index contributed by atoms with van der Waals surface area (Å²) in [5.41, 5.74) is 0. The van der Waals surface area contributed by atoms with Crippen LogP contribution in [0.5, 0.6) is 0 Å². The van der Waals surface area contributed by atoms with E-state index in [2.05, 4.69) is 5.32 Å². The van der Waals surface area contributed by atoms with Crippen LogP contribution in [-0.4, -0.2) is 40.6 Å². The van der Waals surface area contributed by atoms with Gasteiger partial charge in [0.25, 0.3) is 0 Å². The van der Waals surface area contributed by atoms with Gasteiger partial charge >= 0.3 is 12.0 Å². The van der Waals surface area contributed by atoms with Crippen LogP contribution in [0.4, 0.5) is 4.79 Å². The highest BCUT2D eigenvalue weighted by Gasteiger charge is 2.29. The summed E-state index contributed by atoms with van der Waals surface area (Å²) in [6.07, 6.45) is 6.05. The molecule has 2 N–H and O–H groups in total. The lowest BCUT2D eigenvalue weighted by atomic mass is 10.2. The fourth-order valence-corrected chi connectivity index (χ4v) is 2.80. The van der Waals surface area contributed by atoms with Gasteiger partial charge in [-0.1, -0.05) is 12.8 Å². The molecule has 1 aliphatic carbocycles. The number of furan rings is 1. The van der Waals surface area contributed by atoms with Gasteiger partial charge in [0.15, 0.2) is 0 Å². The molecule has 116 valence electrons. The second-order valence-electron chi connectivity index (χ2n) is 5.59. The Hall–Kier alpha value is -1.98. The van der Waals surface area contributed by atoms with Crippen LogP contribution in [0.25, 0.3) is 0 Å². The Bertz CT molecular complexity index is 466. The molecule has 1 fully saturated rings. The van der Waals surface area contributed by atoms with Crippen LogP contribution >= 0.6 is 0 Å². The fourth-order valence-electron chi connectivity index (χ4n) is 2.80. The van der Waals surface area contributed by atoms with Gasteiger partial charge in [-0.3, -0.25) is 4.79 Å². The molecule has 1 aromatic heterocycles. The molecule has 1 heterocycles. The monoisotopic (exact) mass is 294 g/mol. The number of urea groups is 1. The Balaban J connectivity index is 1.92. The number of carbonyl (C=O) groups excluding carboxylic acids is 1. The standard InChI is InChI=1S/C15H22N2O4/c1-11(9-13-7-4-8-21-13)16-15(20)17(10-14(18)19)12-5-2-3-6-12/h4,7-8,11-12H,2-3,5-6,9-10H2,1H3,(H,16,20)(H,18,19). The van der Waals surface area contributed by atoms with Crippen LogP contribution in [0.15, 0.2) is 22.8 Å². The maximum Gasteiger partial charge on any atom is 0.323 e. The zero-order chi connectivity index (χ0) is 15.2. The summed E-state index contributed by atoms with van der Waals surface area (Å²) < 4.78 is 5.25. The van der Waals surface area contributed by atoms with Crippen LogP contribution in [0.2, 0.25) is 0 Å². The van der Waals surface area contributed by atoms with Crippen molar-refractivity contribution in [2.45, 2.75) is 51.1 Å². The topological polar surface area (TPSA) is 82.8 Å². The Kier molecular flexibility index (Phi) is 5.25. The predicted octanol–water partition coefficient (Wildman–Crippen LogP) is 2.25. The lowest BCUT2D eigenvalue weighted by molar-refractivity contribution is -0.138. The van der Waals surface area contributed by atoms with E-state index in [1.54, 1.807) is 12.3 Å². The summed E-state index contributed by atoms with van der Waals surface area (Å²) in [6.45, 7) is 1.64. The van der Waals surface area contributed by atoms with E-state index in [9.17, 15) is 9.59 Å². The number of nitrogens with one attached hydrogen (secondary N) is 1. The molecule has 0 radical (unpaired) electrons. The van der Waals surface area contributed by atoms with Crippen molar-refractivity contribution in [2.75, 3.05) is 6.54 Å². The van der Waals surface area contributed by atoms with E-state index in [0.29, 0.717) is 6.42 Å². The summed E-state index contributed by atoms with van der Waals surface area (Å²) in [5.74, 6) is -0.177. The van der Waals surface area contributed by atoms with E-state index >= 15 is 0 Å². The molecular formula is C15H22N2O4. The quantitative estimate of drug-likeness (QED) is 0.843. The molecule has 0 spiro atoms. The van der Waals surface area contributed by atoms with E-state index in [1.165, 1.54) is 4.90 Å². The van der Waals surface area contributed by atoms with Crippen molar-refractivity contribution in [1.29, 1.82) is 0 Å². The number of rotatable bonds is 6. The van der Waals surface area contributed by atoms with Crippen LogP contribution in [0, 0.1) is 0 Å². The zero-order valence-electron chi connectivity index (χ0n) is 12.2. The Morgan fingerprint density at radius 3 is 2.76 bits per heavy atom. The number of carboxylic acids is 1. The molecule has 0 aromatic carbocycles. The number of carbonyl (C=O) groups is 2. The van der Waals surface area contributed by atoms with Crippen molar-refractivity contribution in [3.8, 4) is 0 Å². The van der Waals surface area contributed by atoms with Gasteiger partial charge in [0.05, 0.1) is 6.26 Å². The number of amides is 2. The summed E-state index contributed by atoms with van der Waals surface area (Å²) in [5, 5.41) is 11.9. The third kappa shape index (κ3) is 4.51. The van der Waals surface area contributed by atoms with Gasteiger partial charge in [0, 0.05) is 18.5 Å². The zero-order valence-corrected chi connectivity index (χ0v) is 12.2. The number of aliphatic carboxylic acids is 1. The average Bonchev–Trinajstić information content (AvgIpc) is 3.07. The molecule has 1 atom stereocenters. The number of carboxylic acid groups (broad SMARTS) is 1. The molecule has 1 unspecified atom stereocenters. The minimum absolute atomic E-state index is 0.0388. The van der Waals surface area contributed by atoms with Crippen molar-refractivity contribution in [3.05, 3.63) is 24.2 Å². The number of nitrogens with zero attached hydrogens (tertiary/aromatic N) is 1. The third-order valence-corrected chi connectivity index (χ3v) is 3.79. The fraction of sp³-hybridized carbons (Fsp3) is 0.600. The molecular weight excluding hydrogens is 272 g/mol. The third-order valence-electron chi connectivity index (χ3n) is 3.79. The minimum Gasteiger partial charge on any atom is -0.480 e. The van der Waals surface area contributed by atoms with Gasteiger partial charge in [-0.25, -0.2) is 4.79 Å². The smallest absolute Gasteiger partial charge is 0.323 e. The van der Waals surface area contributed by atoms with Crippen LogP contribution < -0.4 is 5.32 Å². The molecule has 6 heteroatoms. The Morgan fingerprint density at radius 1 is 1.48 bits per heavy atom. The summed E-state index contributed by atoms with van der Waals surface area (Å²) in [6, 6.07) is 3.29. The lowest BCUT2D eigenvalue weighted by Crippen LogP contribution is -2.50. The molecule has 6 nitrogen and oxygen atoms in total. The first-order valence-electron chi connectivity index (χ1n) is 7.37. The largest absolute Gasteiger partial charge is 0.480 e. The molecule has 2 amide bonds. The van der Waals surface area contributed by atoms with Crippen molar-refractivity contribution >= 4 is 12.0 Å². The Morgan fingerprint density at radius 2 is 2.19 bits per heavy atom. The highest BCUT2D eigenvalue weighted by atomic mass is 16.4. The maximum atomic E-state index is 12.3.